The summed E-state index contributed by atoms with van der Waals surface area (Å²) in [6.45, 7) is 4.17. The summed E-state index contributed by atoms with van der Waals surface area (Å²) in [4.78, 5) is 12.4. The minimum absolute atomic E-state index is 0.0834. The van der Waals surface area contributed by atoms with E-state index in [1.54, 1.807) is 6.08 Å². The summed E-state index contributed by atoms with van der Waals surface area (Å²) in [5, 5.41) is 23.0. The lowest BCUT2D eigenvalue weighted by Gasteiger charge is -2.19. The van der Waals surface area contributed by atoms with Crippen LogP contribution in [-0.2, 0) is 4.79 Å². The molecule has 2 unspecified atom stereocenters. The molecule has 0 bridgehead atoms. The average molecular weight is 776 g/mol. The first-order valence-corrected chi connectivity index (χ1v) is 23.5. The van der Waals surface area contributed by atoms with Crippen LogP contribution in [0.25, 0.3) is 0 Å². The Kier molecular flexibility index (Phi) is 44.4. The Morgan fingerprint density at radius 1 is 0.446 bits per heavy atom. The maximum Gasteiger partial charge on any atom is 0.220 e. The molecule has 1 amide bonds. The molecule has 3 N–H and O–H groups in total. The highest BCUT2D eigenvalue weighted by atomic mass is 16.3. The normalized spacial score (nSPS) is 13.9. The van der Waals surface area contributed by atoms with Gasteiger partial charge in [0, 0.05) is 6.42 Å². The minimum atomic E-state index is -0.869. The standard InChI is InChI=1S/C52H89NO3/c1-3-5-7-9-11-13-15-17-19-20-21-22-23-24-25-26-27-28-29-30-31-32-34-36-38-40-42-44-46-48-52(56)53-50(49-54)51(55)47-45-43-41-39-37-35-33-18-16-14-12-10-8-6-4-2/h5,7,11,13,17,19,21-22,24-25,27-28,37,39,45,47,50-51,54-55H,3-4,6,8-10,12,14-16,18,20,23,26,29-36,38,40-44,46,48-49H2,1-2H3,(H,53,56)/b7-5-,13-11-,19-17-,22-21-,25-24-,28-27-,39-37+,47-45+. The van der Waals surface area contributed by atoms with Crippen LogP contribution in [0.3, 0.4) is 0 Å². The van der Waals surface area contributed by atoms with Crippen LogP contribution in [0.5, 0.6) is 0 Å². The van der Waals surface area contributed by atoms with Gasteiger partial charge < -0.3 is 15.5 Å². The van der Waals surface area contributed by atoms with E-state index in [0.717, 1.165) is 70.6 Å². The van der Waals surface area contributed by atoms with E-state index in [9.17, 15) is 15.0 Å². The molecule has 0 aliphatic carbocycles. The van der Waals surface area contributed by atoms with Gasteiger partial charge in [0.1, 0.15) is 0 Å². The minimum Gasteiger partial charge on any atom is -0.394 e. The number of rotatable bonds is 41. The molecule has 56 heavy (non-hydrogen) atoms. The molecule has 0 spiro atoms. The van der Waals surface area contributed by atoms with Crippen molar-refractivity contribution >= 4 is 5.91 Å². The Balaban J connectivity index is 3.63. The van der Waals surface area contributed by atoms with E-state index >= 15 is 0 Å². The van der Waals surface area contributed by atoms with Crippen LogP contribution in [0.2, 0.25) is 0 Å². The molecule has 0 fully saturated rings. The highest BCUT2D eigenvalue weighted by Gasteiger charge is 2.17. The van der Waals surface area contributed by atoms with Gasteiger partial charge in [-0.05, 0) is 83.5 Å². The molecule has 0 saturated heterocycles. The summed E-state index contributed by atoms with van der Waals surface area (Å²) < 4.78 is 0. The van der Waals surface area contributed by atoms with Crippen LogP contribution < -0.4 is 5.32 Å². The van der Waals surface area contributed by atoms with E-state index in [-0.39, 0.29) is 12.5 Å². The molecule has 0 aromatic rings. The van der Waals surface area contributed by atoms with Crippen molar-refractivity contribution < 1.29 is 15.0 Å². The quantitative estimate of drug-likeness (QED) is 0.0428. The maximum absolute atomic E-state index is 12.4. The van der Waals surface area contributed by atoms with E-state index in [1.807, 2.05) is 6.08 Å². The predicted octanol–water partition coefficient (Wildman–Crippen LogP) is 15.0. The second-order valence-electron chi connectivity index (χ2n) is 15.4. The fourth-order valence-electron chi connectivity index (χ4n) is 6.49. The van der Waals surface area contributed by atoms with Crippen LogP contribution in [-0.4, -0.2) is 34.9 Å². The van der Waals surface area contributed by atoms with Crippen molar-refractivity contribution in [2.75, 3.05) is 6.61 Å². The molecule has 0 radical (unpaired) electrons. The molecule has 0 aliphatic heterocycles. The second kappa shape index (κ2) is 46.7. The third-order valence-corrected chi connectivity index (χ3v) is 10.1. The molecule has 0 aromatic heterocycles. The summed E-state index contributed by atoms with van der Waals surface area (Å²) in [6, 6.07) is -0.647. The number of hydrogen-bond acceptors (Lipinski definition) is 3. The van der Waals surface area contributed by atoms with Crippen LogP contribution in [0.4, 0.5) is 0 Å². The third kappa shape index (κ3) is 42.5. The number of aliphatic hydroxyl groups is 2. The predicted molar refractivity (Wildman–Crippen MR) is 248 cm³/mol. The van der Waals surface area contributed by atoms with Gasteiger partial charge in [0.05, 0.1) is 18.8 Å². The van der Waals surface area contributed by atoms with E-state index in [1.165, 1.54) is 116 Å². The van der Waals surface area contributed by atoms with Gasteiger partial charge in [0.2, 0.25) is 5.91 Å². The lowest BCUT2D eigenvalue weighted by molar-refractivity contribution is -0.123. The fraction of sp³-hybridized carbons (Fsp3) is 0.673. The van der Waals surface area contributed by atoms with Crippen molar-refractivity contribution in [3.8, 4) is 0 Å². The zero-order valence-corrected chi connectivity index (χ0v) is 36.6. The van der Waals surface area contributed by atoms with Crippen LogP contribution in [0.15, 0.2) is 97.2 Å². The van der Waals surface area contributed by atoms with Gasteiger partial charge >= 0.3 is 0 Å². The molecule has 0 saturated carbocycles. The molecule has 4 nitrogen and oxygen atoms in total. The van der Waals surface area contributed by atoms with Crippen molar-refractivity contribution in [3.63, 3.8) is 0 Å². The highest BCUT2D eigenvalue weighted by molar-refractivity contribution is 5.76. The topological polar surface area (TPSA) is 69.6 Å². The SMILES string of the molecule is CC/C=C\C/C=C\C/C=C\C/C=C\C/C=C\C/C=C\CCCCCCCCCCCCC(=O)NC(CO)C(O)/C=C/CC/C=C/CCCCCCCCCCC. The number of nitrogens with one attached hydrogen (secondary N) is 1. The molecule has 0 aliphatic rings. The lowest BCUT2D eigenvalue weighted by atomic mass is 10.0. The van der Waals surface area contributed by atoms with Gasteiger partial charge in [0.25, 0.3) is 0 Å². The average Bonchev–Trinajstić information content (AvgIpc) is 3.20. The highest BCUT2D eigenvalue weighted by Crippen LogP contribution is 2.13. The smallest absolute Gasteiger partial charge is 0.220 e. The van der Waals surface area contributed by atoms with E-state index < -0.39 is 12.1 Å². The summed E-state index contributed by atoms with van der Waals surface area (Å²) in [5.74, 6) is -0.0834. The number of carbonyl (C=O) groups excluding carboxylic acids is 1. The molecule has 4 heteroatoms. The summed E-state index contributed by atoms with van der Waals surface area (Å²) in [6.07, 6.45) is 69.5. The lowest BCUT2D eigenvalue weighted by Crippen LogP contribution is -2.45. The largest absolute Gasteiger partial charge is 0.394 e. The molecule has 0 rings (SSSR count). The van der Waals surface area contributed by atoms with Gasteiger partial charge in [-0.2, -0.15) is 0 Å². The Morgan fingerprint density at radius 2 is 0.804 bits per heavy atom. The maximum atomic E-state index is 12.4. The molecule has 0 heterocycles. The van der Waals surface area contributed by atoms with Gasteiger partial charge in [-0.3, -0.25) is 4.79 Å². The number of amides is 1. The number of hydrogen-bond donors (Lipinski definition) is 3. The number of unbranched alkanes of at least 4 members (excludes halogenated alkanes) is 20. The second-order valence-corrected chi connectivity index (χ2v) is 15.4. The first-order valence-electron chi connectivity index (χ1n) is 23.5. The van der Waals surface area contributed by atoms with Crippen LogP contribution >= 0.6 is 0 Å². The molecular weight excluding hydrogens is 687 g/mol. The van der Waals surface area contributed by atoms with E-state index in [2.05, 4.69) is 104 Å². The molecular formula is C52H89NO3. The van der Waals surface area contributed by atoms with Gasteiger partial charge in [-0.25, -0.2) is 0 Å². The van der Waals surface area contributed by atoms with Gasteiger partial charge in [-0.1, -0.05) is 214 Å². The molecule has 320 valence electrons. The van der Waals surface area contributed by atoms with Crippen molar-refractivity contribution in [3.05, 3.63) is 97.2 Å². The van der Waals surface area contributed by atoms with Crippen LogP contribution in [0, 0.1) is 0 Å². The Hall–Kier alpha value is -2.69. The Labute approximate surface area is 347 Å². The van der Waals surface area contributed by atoms with E-state index in [0.29, 0.717) is 6.42 Å². The Bertz CT molecular complexity index is 1060. The molecule has 2 atom stereocenters. The zero-order valence-electron chi connectivity index (χ0n) is 36.6. The number of allylic oxidation sites excluding steroid dienone is 15. The monoisotopic (exact) mass is 776 g/mol. The van der Waals surface area contributed by atoms with Gasteiger partial charge in [-0.15, -0.1) is 0 Å². The zero-order chi connectivity index (χ0) is 40.7. The first kappa shape index (κ1) is 53.3. The summed E-state index contributed by atoms with van der Waals surface area (Å²) >= 11 is 0. The third-order valence-electron chi connectivity index (χ3n) is 10.1. The van der Waals surface area contributed by atoms with Crippen molar-refractivity contribution in [1.29, 1.82) is 0 Å². The van der Waals surface area contributed by atoms with Crippen LogP contribution in [0.1, 0.15) is 206 Å². The number of aliphatic hydroxyl groups excluding tert-OH is 2. The van der Waals surface area contributed by atoms with E-state index in [4.69, 9.17) is 0 Å². The van der Waals surface area contributed by atoms with Crippen molar-refractivity contribution in [2.45, 2.75) is 219 Å². The fourth-order valence-corrected chi connectivity index (χ4v) is 6.49. The Morgan fingerprint density at radius 3 is 1.25 bits per heavy atom. The summed E-state index contributed by atoms with van der Waals surface area (Å²) in [7, 11) is 0. The first-order chi connectivity index (χ1) is 27.7. The van der Waals surface area contributed by atoms with Crippen molar-refractivity contribution in [1.82, 2.24) is 5.32 Å². The number of carbonyl (C=O) groups is 1. The van der Waals surface area contributed by atoms with Gasteiger partial charge in [0.15, 0.2) is 0 Å². The molecule has 0 aromatic carbocycles. The summed E-state index contributed by atoms with van der Waals surface area (Å²) in [5.41, 5.74) is 0. The van der Waals surface area contributed by atoms with Crippen molar-refractivity contribution in [2.24, 2.45) is 0 Å².